The van der Waals surface area contributed by atoms with Gasteiger partial charge in [-0.05, 0) is 53.1 Å². The molecule has 1 atom stereocenters. The molecular formula is C20H19ClN2O2S2. The molecule has 0 fully saturated rings. The summed E-state index contributed by atoms with van der Waals surface area (Å²) in [6.07, 6.45) is 0.983. The Morgan fingerprint density at radius 1 is 1.30 bits per heavy atom. The maximum Gasteiger partial charge on any atom is 0.238 e. The molecule has 7 heteroatoms. The monoisotopic (exact) mass is 418 g/mol. The summed E-state index contributed by atoms with van der Waals surface area (Å²) in [5.74, 6) is 0.546. The molecule has 0 spiro atoms. The van der Waals surface area contributed by atoms with E-state index in [9.17, 15) is 4.79 Å². The van der Waals surface area contributed by atoms with E-state index in [1.165, 1.54) is 15.3 Å². The third kappa shape index (κ3) is 3.89. The quantitative estimate of drug-likeness (QED) is 0.629. The molecule has 27 heavy (non-hydrogen) atoms. The average Bonchev–Trinajstić information content (AvgIpc) is 3.33. The van der Waals surface area contributed by atoms with E-state index in [1.54, 1.807) is 48.0 Å². The number of amides is 1. The normalized spacial score (nSPS) is 16.7. The van der Waals surface area contributed by atoms with Crippen LogP contribution in [-0.4, -0.2) is 31.0 Å². The molecule has 1 amide bonds. The zero-order chi connectivity index (χ0) is 18.8. The maximum atomic E-state index is 12.7. The smallest absolute Gasteiger partial charge is 0.238 e. The van der Waals surface area contributed by atoms with Crippen LogP contribution in [0.15, 0.2) is 47.2 Å². The van der Waals surface area contributed by atoms with E-state index in [2.05, 4.69) is 39.2 Å². The Kier molecular flexibility index (Phi) is 5.50. The number of nitrogens with one attached hydrogen (secondary N) is 1. The molecule has 0 aliphatic carbocycles. The van der Waals surface area contributed by atoms with E-state index in [1.807, 2.05) is 0 Å². The summed E-state index contributed by atoms with van der Waals surface area (Å²) in [5, 5.41) is 7.67. The van der Waals surface area contributed by atoms with Crippen LogP contribution >= 0.6 is 34.3 Å². The first kappa shape index (κ1) is 18.5. The molecule has 0 bridgehead atoms. The summed E-state index contributed by atoms with van der Waals surface area (Å²) < 4.78 is 5.16. The van der Waals surface area contributed by atoms with Crippen molar-refractivity contribution in [2.45, 2.75) is 12.5 Å². The van der Waals surface area contributed by atoms with Crippen LogP contribution in [0.2, 0.25) is 5.02 Å². The molecule has 1 aliphatic rings. The number of nitrogens with zero attached hydrogens (tertiary/aromatic N) is 1. The fourth-order valence-electron chi connectivity index (χ4n) is 3.45. The summed E-state index contributed by atoms with van der Waals surface area (Å²) >= 11 is 9.70. The van der Waals surface area contributed by atoms with Crippen LogP contribution in [0.5, 0.6) is 5.75 Å². The highest BCUT2D eigenvalue weighted by molar-refractivity contribution is 7.10. The van der Waals surface area contributed by atoms with Gasteiger partial charge in [0.05, 0.1) is 24.7 Å². The van der Waals surface area contributed by atoms with Crippen molar-refractivity contribution in [1.29, 1.82) is 0 Å². The molecule has 2 aromatic heterocycles. The standard InChI is InChI=1S/C20H19ClN2O2S2/c1-25-16-5-4-13(11-15(16)21)22-19(24)12-23-8-6-17-14(7-10-27-17)20(23)18-3-2-9-26-18/h2-5,7,9-11,20H,6,8,12H2,1H3,(H,22,24). The van der Waals surface area contributed by atoms with E-state index in [4.69, 9.17) is 16.3 Å². The van der Waals surface area contributed by atoms with Crippen LogP contribution in [0.3, 0.4) is 0 Å². The molecule has 0 saturated carbocycles. The van der Waals surface area contributed by atoms with Gasteiger partial charge in [0.25, 0.3) is 0 Å². The summed E-state index contributed by atoms with van der Waals surface area (Å²) in [6, 6.07) is 11.8. The second-order valence-electron chi connectivity index (χ2n) is 6.34. The number of rotatable bonds is 5. The molecular weight excluding hydrogens is 400 g/mol. The Labute approximate surface area is 171 Å². The zero-order valence-electron chi connectivity index (χ0n) is 14.8. The predicted molar refractivity (Wildman–Crippen MR) is 112 cm³/mol. The van der Waals surface area contributed by atoms with Crippen molar-refractivity contribution in [1.82, 2.24) is 4.90 Å². The van der Waals surface area contributed by atoms with E-state index < -0.39 is 0 Å². The van der Waals surface area contributed by atoms with Crippen molar-refractivity contribution < 1.29 is 9.53 Å². The van der Waals surface area contributed by atoms with Gasteiger partial charge < -0.3 is 10.1 Å². The average molecular weight is 419 g/mol. The number of fused-ring (bicyclic) bond motifs is 1. The van der Waals surface area contributed by atoms with Gasteiger partial charge in [-0.1, -0.05) is 17.7 Å². The highest BCUT2D eigenvalue weighted by Gasteiger charge is 2.31. The second kappa shape index (κ2) is 8.02. The van der Waals surface area contributed by atoms with Crippen LogP contribution in [-0.2, 0) is 11.2 Å². The number of ether oxygens (including phenoxy) is 1. The van der Waals surface area contributed by atoms with E-state index in [-0.39, 0.29) is 11.9 Å². The molecule has 1 aliphatic heterocycles. The van der Waals surface area contributed by atoms with Crippen molar-refractivity contribution in [3.63, 3.8) is 0 Å². The van der Waals surface area contributed by atoms with Crippen molar-refractivity contribution in [2.24, 2.45) is 0 Å². The highest BCUT2D eigenvalue weighted by atomic mass is 35.5. The summed E-state index contributed by atoms with van der Waals surface area (Å²) in [7, 11) is 1.57. The van der Waals surface area contributed by atoms with Gasteiger partial charge in [-0.2, -0.15) is 0 Å². The van der Waals surface area contributed by atoms with Gasteiger partial charge in [0, 0.05) is 22.0 Å². The molecule has 4 rings (SSSR count). The van der Waals surface area contributed by atoms with Crippen molar-refractivity contribution >= 4 is 45.9 Å². The molecule has 0 radical (unpaired) electrons. The minimum atomic E-state index is -0.0449. The number of carbonyl (C=O) groups is 1. The molecule has 1 N–H and O–H groups in total. The molecule has 3 heterocycles. The summed E-state index contributed by atoms with van der Waals surface area (Å²) in [5.41, 5.74) is 2.00. The molecule has 3 aromatic rings. The van der Waals surface area contributed by atoms with Crippen LogP contribution in [0, 0.1) is 0 Å². The van der Waals surface area contributed by atoms with Crippen molar-refractivity contribution in [3.8, 4) is 5.75 Å². The van der Waals surface area contributed by atoms with E-state index in [0.29, 0.717) is 23.0 Å². The van der Waals surface area contributed by atoms with E-state index >= 15 is 0 Å². The minimum absolute atomic E-state index is 0.0449. The highest BCUT2D eigenvalue weighted by Crippen LogP contribution is 2.39. The Morgan fingerprint density at radius 3 is 2.93 bits per heavy atom. The second-order valence-corrected chi connectivity index (χ2v) is 8.72. The number of benzene rings is 1. The Hall–Kier alpha value is -1.86. The van der Waals surface area contributed by atoms with Crippen molar-refractivity contribution in [3.05, 3.63) is 67.5 Å². The fourth-order valence-corrected chi connectivity index (χ4v) is 5.49. The summed E-state index contributed by atoms with van der Waals surface area (Å²) in [4.78, 5) is 17.6. The van der Waals surface area contributed by atoms with Gasteiger partial charge >= 0.3 is 0 Å². The van der Waals surface area contributed by atoms with Gasteiger partial charge in [0.15, 0.2) is 0 Å². The van der Waals surface area contributed by atoms with Gasteiger partial charge in [0.2, 0.25) is 5.91 Å². The molecule has 1 aromatic carbocycles. The van der Waals surface area contributed by atoms with Crippen LogP contribution in [0.1, 0.15) is 21.4 Å². The van der Waals surface area contributed by atoms with Crippen LogP contribution < -0.4 is 10.1 Å². The molecule has 4 nitrogen and oxygen atoms in total. The number of methoxy groups -OCH3 is 1. The first-order valence-corrected chi connectivity index (χ1v) is 10.8. The maximum absolute atomic E-state index is 12.7. The van der Waals surface area contributed by atoms with Crippen molar-refractivity contribution in [2.75, 3.05) is 25.5 Å². The van der Waals surface area contributed by atoms with Gasteiger partial charge in [-0.3, -0.25) is 9.69 Å². The summed E-state index contributed by atoms with van der Waals surface area (Å²) in [6.45, 7) is 1.20. The van der Waals surface area contributed by atoms with Gasteiger partial charge in [-0.25, -0.2) is 0 Å². The van der Waals surface area contributed by atoms with Gasteiger partial charge in [0.1, 0.15) is 5.75 Å². The first-order chi connectivity index (χ1) is 13.2. The lowest BCUT2D eigenvalue weighted by Crippen LogP contribution is -2.40. The number of thiophene rings is 2. The number of carbonyl (C=O) groups excluding carboxylic acids is 1. The largest absolute Gasteiger partial charge is 0.495 e. The zero-order valence-corrected chi connectivity index (χ0v) is 17.2. The number of anilines is 1. The SMILES string of the molecule is COc1ccc(NC(=O)CN2CCc3sccc3C2c2cccs2)cc1Cl. The van der Waals surface area contributed by atoms with Crippen LogP contribution in [0.4, 0.5) is 5.69 Å². The molecule has 0 saturated heterocycles. The molecule has 140 valence electrons. The molecule has 1 unspecified atom stereocenters. The first-order valence-electron chi connectivity index (χ1n) is 8.63. The minimum Gasteiger partial charge on any atom is -0.495 e. The predicted octanol–water partition coefficient (Wildman–Crippen LogP) is 5.06. The third-order valence-corrected chi connectivity index (χ3v) is 6.88. The lowest BCUT2D eigenvalue weighted by atomic mass is 9.98. The topological polar surface area (TPSA) is 41.6 Å². The Balaban J connectivity index is 1.51. The fraction of sp³-hybridized carbons (Fsp3) is 0.250. The van der Waals surface area contributed by atoms with Crippen LogP contribution in [0.25, 0.3) is 0 Å². The third-order valence-electron chi connectivity index (χ3n) is 4.66. The number of hydrogen-bond donors (Lipinski definition) is 1. The lowest BCUT2D eigenvalue weighted by Gasteiger charge is -2.34. The number of halogens is 1. The van der Waals surface area contributed by atoms with Gasteiger partial charge in [-0.15, -0.1) is 22.7 Å². The number of hydrogen-bond acceptors (Lipinski definition) is 5. The Bertz CT molecular complexity index is 939. The lowest BCUT2D eigenvalue weighted by molar-refractivity contribution is -0.117. The Morgan fingerprint density at radius 2 is 2.19 bits per heavy atom. The van der Waals surface area contributed by atoms with E-state index in [0.717, 1.165) is 13.0 Å².